The maximum Gasteiger partial charge on any atom is 0.165 e. The van der Waals surface area contributed by atoms with Gasteiger partial charge in [0.15, 0.2) is 17.5 Å². The van der Waals surface area contributed by atoms with E-state index in [0.717, 1.165) is 44.2 Å². The monoisotopic (exact) mass is 761 g/mol. The average molecular weight is 762 g/mol. The standard InChI is InChI=1S/C51H27N3OS2/c1-2-12-36-32(9-1)37-13-8-18-43-46(37)47-44(56-43)26-25-31(45(36)47)28-19-21-29(22-20-28)49-52-50(30-23-24-34-33-10-3-5-16-40(33)55-41(34)27-30)54-51(53-49)39-15-7-14-38-35-11-4-6-17-42(35)57-48(38)39/h1-27H. The summed E-state index contributed by atoms with van der Waals surface area (Å²) < 4.78 is 11.4. The first-order valence-corrected chi connectivity index (χ1v) is 20.6. The lowest BCUT2D eigenvalue weighted by Gasteiger charge is -2.14. The van der Waals surface area contributed by atoms with Crippen molar-refractivity contribution >= 4 is 107 Å². The van der Waals surface area contributed by atoms with Gasteiger partial charge in [0.05, 0.1) is 0 Å². The molecule has 0 saturated heterocycles. The number of hydrogen-bond acceptors (Lipinski definition) is 6. The quantitative estimate of drug-likeness (QED) is 0.168. The summed E-state index contributed by atoms with van der Waals surface area (Å²) in [5.74, 6) is 1.87. The summed E-state index contributed by atoms with van der Waals surface area (Å²) in [6.07, 6.45) is 0. The molecule has 0 aliphatic rings. The Kier molecular flexibility index (Phi) is 6.45. The maximum absolute atomic E-state index is 6.31. The molecular formula is C51H27N3OS2. The van der Waals surface area contributed by atoms with Crippen LogP contribution in [0.3, 0.4) is 0 Å². The second-order valence-electron chi connectivity index (χ2n) is 14.7. The molecule has 13 rings (SSSR count). The summed E-state index contributed by atoms with van der Waals surface area (Å²) in [5, 5.41) is 12.5. The van der Waals surface area contributed by atoms with E-state index in [0.29, 0.717) is 17.5 Å². The lowest BCUT2D eigenvalue weighted by Crippen LogP contribution is -2.00. The molecular weight excluding hydrogens is 735 g/mol. The third-order valence-corrected chi connectivity index (χ3v) is 13.9. The Labute approximate surface area is 333 Å². The molecule has 6 heteroatoms. The highest BCUT2D eigenvalue weighted by Gasteiger charge is 2.20. The van der Waals surface area contributed by atoms with Crippen LogP contribution in [0.4, 0.5) is 0 Å². The first-order chi connectivity index (χ1) is 28.2. The highest BCUT2D eigenvalue weighted by atomic mass is 32.1. The number of benzene rings is 9. The molecule has 4 nitrogen and oxygen atoms in total. The highest BCUT2D eigenvalue weighted by molar-refractivity contribution is 7.26. The zero-order valence-electron chi connectivity index (χ0n) is 30.2. The van der Waals surface area contributed by atoms with Crippen LogP contribution in [0.15, 0.2) is 168 Å². The van der Waals surface area contributed by atoms with Crippen LogP contribution in [0.5, 0.6) is 0 Å². The smallest absolute Gasteiger partial charge is 0.165 e. The lowest BCUT2D eigenvalue weighted by atomic mass is 9.89. The minimum atomic E-state index is 0.603. The number of nitrogens with zero attached hydrogens (tertiary/aromatic N) is 3. The zero-order chi connectivity index (χ0) is 37.2. The largest absolute Gasteiger partial charge is 0.456 e. The Balaban J connectivity index is 1.00. The third kappa shape index (κ3) is 4.57. The Morgan fingerprint density at radius 1 is 0.333 bits per heavy atom. The molecule has 0 amide bonds. The van der Waals surface area contributed by atoms with Crippen LogP contribution in [-0.4, -0.2) is 15.0 Å². The van der Waals surface area contributed by atoms with E-state index >= 15 is 0 Å². The highest BCUT2D eigenvalue weighted by Crippen LogP contribution is 2.48. The molecule has 0 bridgehead atoms. The van der Waals surface area contributed by atoms with Crippen LogP contribution >= 0.6 is 22.7 Å². The van der Waals surface area contributed by atoms with E-state index in [4.69, 9.17) is 19.4 Å². The van der Waals surface area contributed by atoms with E-state index in [1.54, 1.807) is 11.3 Å². The minimum absolute atomic E-state index is 0.603. The van der Waals surface area contributed by atoms with Gasteiger partial charge < -0.3 is 4.42 Å². The normalized spacial score (nSPS) is 12.2. The van der Waals surface area contributed by atoms with Gasteiger partial charge in [-0.3, -0.25) is 0 Å². The summed E-state index contributed by atoms with van der Waals surface area (Å²) in [6, 6.07) is 58.3. The first-order valence-electron chi connectivity index (χ1n) is 19.0. The van der Waals surface area contributed by atoms with Crippen LogP contribution in [0.25, 0.3) is 129 Å². The molecule has 13 aromatic rings. The van der Waals surface area contributed by atoms with Crippen LogP contribution in [0.2, 0.25) is 0 Å². The van der Waals surface area contributed by atoms with Gasteiger partial charge in [0.1, 0.15) is 11.2 Å². The van der Waals surface area contributed by atoms with Crippen molar-refractivity contribution < 1.29 is 4.42 Å². The van der Waals surface area contributed by atoms with Crippen molar-refractivity contribution in [3.63, 3.8) is 0 Å². The molecule has 4 heterocycles. The van der Waals surface area contributed by atoms with Crippen molar-refractivity contribution in [2.45, 2.75) is 0 Å². The van der Waals surface area contributed by atoms with E-state index in [1.807, 2.05) is 29.5 Å². The fraction of sp³-hybridized carbons (Fsp3) is 0. The Hall–Kier alpha value is -6.99. The van der Waals surface area contributed by atoms with Crippen molar-refractivity contribution in [2.24, 2.45) is 0 Å². The summed E-state index contributed by atoms with van der Waals surface area (Å²) in [5.41, 5.74) is 6.85. The summed E-state index contributed by atoms with van der Waals surface area (Å²) >= 11 is 3.66. The van der Waals surface area contributed by atoms with Gasteiger partial charge in [-0.25, -0.2) is 15.0 Å². The van der Waals surface area contributed by atoms with Crippen LogP contribution in [-0.2, 0) is 0 Å². The topological polar surface area (TPSA) is 51.8 Å². The molecule has 0 radical (unpaired) electrons. The summed E-state index contributed by atoms with van der Waals surface area (Å²) in [4.78, 5) is 15.6. The van der Waals surface area contributed by atoms with E-state index in [2.05, 4.69) is 146 Å². The van der Waals surface area contributed by atoms with Gasteiger partial charge in [-0.05, 0) is 75.1 Å². The molecule has 9 aromatic carbocycles. The van der Waals surface area contributed by atoms with Crippen molar-refractivity contribution in [1.82, 2.24) is 15.0 Å². The van der Waals surface area contributed by atoms with E-state index in [9.17, 15) is 0 Å². The number of hydrogen-bond donors (Lipinski definition) is 0. The third-order valence-electron chi connectivity index (χ3n) is 11.5. The second kappa shape index (κ2) is 11.8. The van der Waals surface area contributed by atoms with Crippen molar-refractivity contribution in [3.8, 4) is 45.3 Å². The number of aromatic nitrogens is 3. The molecule has 0 aliphatic carbocycles. The molecule has 0 unspecified atom stereocenters. The average Bonchev–Trinajstić information content (AvgIpc) is 3.97. The van der Waals surface area contributed by atoms with Gasteiger partial charge in [0, 0.05) is 67.8 Å². The SMILES string of the molecule is c1ccc2c(c1)oc1cc(-c3nc(-c4ccc(-c5ccc6sc7cccc8c9ccccc9c5c6c78)cc4)nc(-c4cccc5c4sc4ccccc45)n3)ccc12. The number of rotatable bonds is 4. The number of furan rings is 1. The molecule has 0 atom stereocenters. The lowest BCUT2D eigenvalue weighted by molar-refractivity contribution is 0.669. The molecule has 4 aromatic heterocycles. The minimum Gasteiger partial charge on any atom is -0.456 e. The Morgan fingerprint density at radius 2 is 0.947 bits per heavy atom. The second-order valence-corrected chi connectivity index (χ2v) is 16.8. The maximum atomic E-state index is 6.31. The summed E-state index contributed by atoms with van der Waals surface area (Å²) in [7, 11) is 0. The van der Waals surface area contributed by atoms with Crippen molar-refractivity contribution in [3.05, 3.63) is 164 Å². The van der Waals surface area contributed by atoms with Gasteiger partial charge >= 0.3 is 0 Å². The van der Waals surface area contributed by atoms with Crippen molar-refractivity contribution in [1.29, 1.82) is 0 Å². The fourth-order valence-electron chi connectivity index (χ4n) is 8.93. The van der Waals surface area contributed by atoms with Gasteiger partial charge in [0.2, 0.25) is 0 Å². The van der Waals surface area contributed by atoms with Crippen LogP contribution in [0.1, 0.15) is 0 Å². The van der Waals surface area contributed by atoms with Gasteiger partial charge in [0.25, 0.3) is 0 Å². The van der Waals surface area contributed by atoms with E-state index in [1.165, 1.54) is 67.5 Å². The molecule has 0 fully saturated rings. The van der Waals surface area contributed by atoms with E-state index in [-0.39, 0.29) is 0 Å². The molecule has 57 heavy (non-hydrogen) atoms. The Bertz CT molecular complexity index is 3760. The molecule has 0 aliphatic heterocycles. The zero-order valence-corrected chi connectivity index (χ0v) is 31.8. The molecule has 0 saturated carbocycles. The molecule has 264 valence electrons. The summed E-state index contributed by atoms with van der Waals surface area (Å²) in [6.45, 7) is 0. The predicted octanol–water partition coefficient (Wildman–Crippen LogP) is 14.9. The van der Waals surface area contributed by atoms with Gasteiger partial charge in [-0.2, -0.15) is 0 Å². The van der Waals surface area contributed by atoms with E-state index < -0.39 is 0 Å². The van der Waals surface area contributed by atoms with Gasteiger partial charge in [-0.15, -0.1) is 22.7 Å². The number of fused-ring (bicyclic) bond motifs is 9. The molecule has 0 spiro atoms. The van der Waals surface area contributed by atoms with Crippen LogP contribution in [0, 0.1) is 0 Å². The predicted molar refractivity (Wildman–Crippen MR) is 241 cm³/mol. The number of para-hydroxylation sites is 1. The van der Waals surface area contributed by atoms with Crippen molar-refractivity contribution in [2.75, 3.05) is 0 Å². The fourth-order valence-corrected chi connectivity index (χ4v) is 11.3. The molecule has 0 N–H and O–H groups in total. The van der Waals surface area contributed by atoms with Crippen LogP contribution < -0.4 is 0 Å². The van der Waals surface area contributed by atoms with Gasteiger partial charge in [-0.1, -0.05) is 121 Å². The first kappa shape index (κ1) is 31.2. The Morgan fingerprint density at radius 3 is 1.84 bits per heavy atom. The number of thiophene rings is 2.